The maximum absolute atomic E-state index is 13.8. The first-order chi connectivity index (χ1) is 17.4. The number of benzene rings is 3. The number of carbonyl (C=O) groups is 2. The largest absolute Gasteiger partial charge is 0.357 e. The van der Waals surface area contributed by atoms with Gasteiger partial charge in [0.2, 0.25) is 11.8 Å². The molecule has 1 unspecified atom stereocenters. The van der Waals surface area contributed by atoms with E-state index in [4.69, 9.17) is 23.2 Å². The quantitative estimate of drug-likeness (QED) is 0.399. The highest BCUT2D eigenvalue weighted by molar-refractivity contribution is 7.92. The van der Waals surface area contributed by atoms with Gasteiger partial charge in [-0.05, 0) is 73.9 Å². The molecule has 3 aromatic carbocycles. The summed E-state index contributed by atoms with van der Waals surface area (Å²) in [4.78, 5) is 27.7. The molecule has 0 aliphatic rings. The van der Waals surface area contributed by atoms with Gasteiger partial charge in [-0.1, -0.05) is 53.5 Å². The Hall–Kier alpha value is -3.07. The number of likely N-dealkylation sites (N-methyl/N-ethyl adjacent to an activating group) is 1. The molecule has 3 aromatic rings. The minimum atomic E-state index is -4.11. The fourth-order valence-corrected chi connectivity index (χ4v) is 5.65. The molecule has 7 nitrogen and oxygen atoms in total. The van der Waals surface area contributed by atoms with Crippen LogP contribution in [0.5, 0.6) is 0 Å². The number of hydrogen-bond donors (Lipinski definition) is 1. The first kappa shape index (κ1) is 28.5. The van der Waals surface area contributed by atoms with Crippen LogP contribution in [0.15, 0.2) is 71.6 Å². The van der Waals surface area contributed by atoms with E-state index < -0.39 is 34.4 Å². The zero-order chi connectivity index (χ0) is 27.3. The van der Waals surface area contributed by atoms with Crippen molar-refractivity contribution in [2.75, 3.05) is 17.9 Å². The minimum absolute atomic E-state index is 0.0183. The van der Waals surface area contributed by atoms with Gasteiger partial charge < -0.3 is 10.2 Å². The van der Waals surface area contributed by atoms with Crippen LogP contribution in [0.1, 0.15) is 23.6 Å². The monoisotopic (exact) mass is 561 g/mol. The van der Waals surface area contributed by atoms with Crippen LogP contribution < -0.4 is 9.62 Å². The molecule has 0 saturated carbocycles. The maximum Gasteiger partial charge on any atom is 0.264 e. The molecular formula is C27H29Cl2N3O4S. The van der Waals surface area contributed by atoms with Gasteiger partial charge in [-0.15, -0.1) is 0 Å². The number of anilines is 1. The van der Waals surface area contributed by atoms with E-state index in [-0.39, 0.29) is 11.4 Å². The SMILES string of the molecule is CNC(=O)C(C)N(Cc1ccc(Cl)cc1Cl)C(=O)CN(c1ccc(C)c(C)c1)S(=O)(=O)c1ccccc1. The van der Waals surface area contributed by atoms with Crippen molar-refractivity contribution in [2.24, 2.45) is 0 Å². The topological polar surface area (TPSA) is 86.8 Å². The summed E-state index contributed by atoms with van der Waals surface area (Å²) in [5.41, 5.74) is 2.78. The smallest absolute Gasteiger partial charge is 0.264 e. The second kappa shape index (κ2) is 12.0. The molecule has 0 spiro atoms. The highest BCUT2D eigenvalue weighted by atomic mass is 35.5. The molecule has 10 heteroatoms. The molecule has 0 radical (unpaired) electrons. The van der Waals surface area contributed by atoms with E-state index in [2.05, 4.69) is 5.32 Å². The summed E-state index contributed by atoms with van der Waals surface area (Å²) in [6, 6.07) is 17.1. The van der Waals surface area contributed by atoms with Crippen LogP contribution in [0.25, 0.3) is 0 Å². The summed E-state index contributed by atoms with van der Waals surface area (Å²) in [6.45, 7) is 4.83. The summed E-state index contributed by atoms with van der Waals surface area (Å²) in [5.74, 6) is -0.970. The Morgan fingerprint density at radius 2 is 1.62 bits per heavy atom. The fraction of sp³-hybridized carbons (Fsp3) is 0.259. The Morgan fingerprint density at radius 3 is 2.22 bits per heavy atom. The summed E-state index contributed by atoms with van der Waals surface area (Å²) in [6.07, 6.45) is 0. The first-order valence-electron chi connectivity index (χ1n) is 11.6. The fourth-order valence-electron chi connectivity index (χ4n) is 3.75. The summed E-state index contributed by atoms with van der Waals surface area (Å²) >= 11 is 12.4. The molecule has 0 fully saturated rings. The number of carbonyl (C=O) groups excluding carboxylic acids is 2. The van der Waals surface area contributed by atoms with Gasteiger partial charge in [0, 0.05) is 23.6 Å². The van der Waals surface area contributed by atoms with E-state index in [9.17, 15) is 18.0 Å². The van der Waals surface area contributed by atoms with Crippen molar-refractivity contribution in [3.63, 3.8) is 0 Å². The van der Waals surface area contributed by atoms with Crippen LogP contribution in [0.2, 0.25) is 10.0 Å². The third-order valence-corrected chi connectivity index (χ3v) is 8.53. The van der Waals surface area contributed by atoms with E-state index in [1.54, 1.807) is 61.5 Å². The summed E-state index contributed by atoms with van der Waals surface area (Å²) in [5, 5.41) is 3.31. The van der Waals surface area contributed by atoms with Crippen LogP contribution in [0, 0.1) is 13.8 Å². The first-order valence-corrected chi connectivity index (χ1v) is 13.7. The van der Waals surface area contributed by atoms with Crippen LogP contribution in [0.3, 0.4) is 0 Å². The van der Waals surface area contributed by atoms with E-state index in [1.807, 2.05) is 13.8 Å². The molecule has 0 heterocycles. The standard InChI is InChI=1S/C27H29Cl2N3O4S/c1-18-10-13-23(14-19(18)2)32(37(35,36)24-8-6-5-7-9-24)17-26(33)31(20(3)27(34)30-4)16-21-11-12-22(28)15-25(21)29/h5-15,20H,16-17H2,1-4H3,(H,30,34). The zero-order valence-electron chi connectivity index (χ0n) is 21.0. The van der Waals surface area contributed by atoms with Gasteiger partial charge in [-0.3, -0.25) is 13.9 Å². The number of nitrogens with zero attached hydrogens (tertiary/aromatic N) is 2. The molecule has 0 aliphatic heterocycles. The molecular weight excluding hydrogens is 533 g/mol. The summed E-state index contributed by atoms with van der Waals surface area (Å²) in [7, 11) is -2.64. The van der Waals surface area contributed by atoms with E-state index >= 15 is 0 Å². The molecule has 0 saturated heterocycles. The lowest BCUT2D eigenvalue weighted by Crippen LogP contribution is -2.50. The van der Waals surface area contributed by atoms with Crippen LogP contribution in [0.4, 0.5) is 5.69 Å². The van der Waals surface area contributed by atoms with Crippen molar-refractivity contribution < 1.29 is 18.0 Å². The predicted molar refractivity (Wildman–Crippen MR) is 147 cm³/mol. The van der Waals surface area contributed by atoms with Gasteiger partial charge in [0.25, 0.3) is 10.0 Å². The van der Waals surface area contributed by atoms with Gasteiger partial charge in [0.1, 0.15) is 12.6 Å². The normalized spacial score (nSPS) is 12.1. The molecule has 0 aliphatic carbocycles. The average Bonchev–Trinajstić information content (AvgIpc) is 2.88. The maximum atomic E-state index is 13.8. The van der Waals surface area contributed by atoms with E-state index in [0.29, 0.717) is 21.3 Å². The molecule has 37 heavy (non-hydrogen) atoms. The number of halogens is 2. The van der Waals surface area contributed by atoms with Gasteiger partial charge in [0.05, 0.1) is 10.6 Å². The van der Waals surface area contributed by atoms with Gasteiger partial charge in [0.15, 0.2) is 0 Å². The summed E-state index contributed by atoms with van der Waals surface area (Å²) < 4.78 is 28.5. The molecule has 196 valence electrons. The van der Waals surface area contributed by atoms with Gasteiger partial charge >= 0.3 is 0 Å². The molecule has 2 amide bonds. The number of amides is 2. The Morgan fingerprint density at radius 1 is 0.946 bits per heavy atom. The molecule has 0 aromatic heterocycles. The molecule has 1 N–H and O–H groups in total. The van der Waals surface area contributed by atoms with E-state index in [0.717, 1.165) is 15.4 Å². The lowest BCUT2D eigenvalue weighted by Gasteiger charge is -2.32. The minimum Gasteiger partial charge on any atom is -0.357 e. The molecule has 1 atom stereocenters. The van der Waals surface area contributed by atoms with Crippen molar-refractivity contribution in [3.8, 4) is 0 Å². The highest BCUT2D eigenvalue weighted by Crippen LogP contribution is 2.27. The predicted octanol–water partition coefficient (Wildman–Crippen LogP) is 4.97. The van der Waals surface area contributed by atoms with Crippen LogP contribution in [-0.4, -0.2) is 44.8 Å². The third-order valence-electron chi connectivity index (χ3n) is 6.16. The van der Waals surface area contributed by atoms with Crippen molar-refractivity contribution in [2.45, 2.75) is 38.3 Å². The zero-order valence-corrected chi connectivity index (χ0v) is 23.4. The van der Waals surface area contributed by atoms with Crippen LogP contribution >= 0.6 is 23.2 Å². The lowest BCUT2D eigenvalue weighted by atomic mass is 10.1. The van der Waals surface area contributed by atoms with E-state index in [1.165, 1.54) is 24.1 Å². The lowest BCUT2D eigenvalue weighted by molar-refractivity contribution is -0.139. The Labute approximate surface area is 228 Å². The molecule has 3 rings (SSSR count). The second-order valence-electron chi connectivity index (χ2n) is 8.64. The number of nitrogens with one attached hydrogen (secondary N) is 1. The van der Waals surface area contributed by atoms with Crippen LogP contribution in [-0.2, 0) is 26.2 Å². The van der Waals surface area contributed by atoms with Crippen molar-refractivity contribution in [1.29, 1.82) is 0 Å². The van der Waals surface area contributed by atoms with Crippen molar-refractivity contribution >= 4 is 50.7 Å². The third kappa shape index (κ3) is 6.63. The second-order valence-corrected chi connectivity index (χ2v) is 11.3. The number of aryl methyl sites for hydroxylation is 2. The highest BCUT2D eigenvalue weighted by Gasteiger charge is 2.32. The van der Waals surface area contributed by atoms with Crippen molar-refractivity contribution in [1.82, 2.24) is 10.2 Å². The van der Waals surface area contributed by atoms with Crippen molar-refractivity contribution in [3.05, 3.63) is 93.5 Å². The molecule has 0 bridgehead atoms. The average molecular weight is 563 g/mol. The Kier molecular flexibility index (Phi) is 9.23. The number of hydrogen-bond acceptors (Lipinski definition) is 4. The van der Waals surface area contributed by atoms with Gasteiger partial charge in [-0.2, -0.15) is 0 Å². The Balaban J connectivity index is 2.06. The van der Waals surface area contributed by atoms with Gasteiger partial charge in [-0.25, -0.2) is 8.42 Å². The number of rotatable bonds is 9. The Bertz CT molecular complexity index is 1400. The number of sulfonamides is 1.